The Bertz CT molecular complexity index is 810. The van der Waals surface area contributed by atoms with Gasteiger partial charge in [-0.1, -0.05) is 27.7 Å². The van der Waals surface area contributed by atoms with Gasteiger partial charge in [-0.25, -0.2) is 0 Å². The smallest absolute Gasteiger partial charge is 0.311 e. The topological polar surface area (TPSA) is 138 Å². The molecule has 2 rings (SSSR count). The Morgan fingerprint density at radius 1 is 1.10 bits per heavy atom. The molecular formula is C29H54N2O8. The van der Waals surface area contributed by atoms with Gasteiger partial charge in [0.25, 0.3) is 0 Å². The highest BCUT2D eigenvalue weighted by Gasteiger charge is 2.46. The molecule has 39 heavy (non-hydrogen) atoms. The average molecular weight is 559 g/mol. The van der Waals surface area contributed by atoms with Gasteiger partial charge in [-0.15, -0.1) is 0 Å². The first-order chi connectivity index (χ1) is 18.0. The quantitative estimate of drug-likeness (QED) is 0.378. The monoisotopic (exact) mass is 558 g/mol. The molecule has 0 aromatic heterocycles. The van der Waals surface area contributed by atoms with Gasteiger partial charge >= 0.3 is 5.97 Å². The van der Waals surface area contributed by atoms with Crippen LogP contribution in [-0.2, 0) is 23.8 Å². The molecule has 13 atom stereocenters. The highest BCUT2D eigenvalue weighted by molar-refractivity contribution is 5.88. The van der Waals surface area contributed by atoms with Gasteiger partial charge in [0, 0.05) is 30.8 Å². The van der Waals surface area contributed by atoms with Crippen LogP contribution in [0, 0.1) is 23.7 Å². The molecule has 2 aliphatic rings. The van der Waals surface area contributed by atoms with Crippen LogP contribution in [0.4, 0.5) is 0 Å². The first-order valence-corrected chi connectivity index (χ1v) is 14.6. The SMILES string of the molecule is CC[C@H]1OC(=O)[C@H](C)[C@@H](OC2CC(NC)C(=O)C(C)O2)[C@H](C)[C@@H](O)[C@](C)(O)C[C@@H](C)CN(C)[C@H](C)[C@@H](O)[C@H]1C. The molecule has 0 aromatic carbocycles. The number of cyclic esters (lactones) is 1. The second-order valence-corrected chi connectivity index (χ2v) is 12.5. The van der Waals surface area contributed by atoms with E-state index in [-0.39, 0.29) is 30.1 Å². The second-order valence-electron chi connectivity index (χ2n) is 12.5. The molecule has 228 valence electrons. The third kappa shape index (κ3) is 8.21. The van der Waals surface area contributed by atoms with Crippen LogP contribution in [0.25, 0.3) is 0 Å². The Labute approximate surface area is 234 Å². The van der Waals surface area contributed by atoms with E-state index >= 15 is 0 Å². The third-order valence-corrected chi connectivity index (χ3v) is 9.05. The van der Waals surface area contributed by atoms with Gasteiger partial charge in [0.15, 0.2) is 12.1 Å². The van der Waals surface area contributed by atoms with Crippen molar-refractivity contribution < 1.29 is 39.1 Å². The van der Waals surface area contributed by atoms with Crippen molar-refractivity contribution in [2.24, 2.45) is 23.7 Å². The van der Waals surface area contributed by atoms with Gasteiger partial charge in [0.2, 0.25) is 0 Å². The highest BCUT2D eigenvalue weighted by Crippen LogP contribution is 2.34. The van der Waals surface area contributed by atoms with E-state index in [0.29, 0.717) is 19.4 Å². The lowest BCUT2D eigenvalue weighted by Crippen LogP contribution is -2.54. The van der Waals surface area contributed by atoms with Gasteiger partial charge < -0.3 is 39.7 Å². The van der Waals surface area contributed by atoms with Crippen LogP contribution in [-0.4, -0.2) is 107 Å². The maximum atomic E-state index is 13.5. The first-order valence-electron chi connectivity index (χ1n) is 14.6. The minimum atomic E-state index is -1.48. The van der Waals surface area contributed by atoms with Crippen molar-refractivity contribution >= 4 is 11.8 Å². The zero-order chi connectivity index (χ0) is 29.8. The number of nitrogens with one attached hydrogen (secondary N) is 1. The van der Waals surface area contributed by atoms with Gasteiger partial charge in [0.05, 0.1) is 35.9 Å². The van der Waals surface area contributed by atoms with Crippen LogP contribution in [0.1, 0.15) is 74.7 Å². The van der Waals surface area contributed by atoms with Crippen LogP contribution in [0.3, 0.4) is 0 Å². The van der Waals surface area contributed by atoms with Gasteiger partial charge in [-0.2, -0.15) is 0 Å². The second kappa shape index (κ2) is 14.2. The Hall–Kier alpha value is -1.14. The molecular weight excluding hydrogens is 504 g/mol. The molecule has 2 saturated heterocycles. The first kappa shape index (κ1) is 34.1. The molecule has 0 amide bonds. The summed E-state index contributed by atoms with van der Waals surface area (Å²) in [4.78, 5) is 28.0. The number of ketones is 1. The summed E-state index contributed by atoms with van der Waals surface area (Å²) >= 11 is 0. The van der Waals surface area contributed by atoms with E-state index in [9.17, 15) is 24.9 Å². The third-order valence-electron chi connectivity index (χ3n) is 9.05. The van der Waals surface area contributed by atoms with Crippen molar-refractivity contribution in [2.75, 3.05) is 20.6 Å². The van der Waals surface area contributed by atoms with Crippen molar-refractivity contribution in [2.45, 2.75) is 129 Å². The van der Waals surface area contributed by atoms with Crippen LogP contribution in [0.15, 0.2) is 0 Å². The molecule has 0 spiro atoms. The zero-order valence-corrected chi connectivity index (χ0v) is 25.6. The molecule has 10 heteroatoms. The maximum Gasteiger partial charge on any atom is 0.311 e. The Kier molecular flexibility index (Phi) is 12.4. The number of nitrogens with zero attached hydrogens (tertiary/aromatic N) is 1. The predicted octanol–water partition coefficient (Wildman–Crippen LogP) is 1.73. The van der Waals surface area contributed by atoms with Crippen molar-refractivity contribution in [1.29, 1.82) is 0 Å². The standard InChI is InChI=1S/C29H54N2O8/c1-11-22-16(3)24(32)19(6)31(10)14-15(2)13-29(8,36)27(34)17(4)26(18(5)28(35)38-22)39-23-12-21(30-9)25(33)20(7)37-23/h15-24,26-27,30,32,34,36H,11-14H2,1-10H3/t15-,16+,17+,18-,19-,20?,21?,22-,23?,24+,26+,27-,29-/m1/s1. The largest absolute Gasteiger partial charge is 0.462 e. The number of rotatable bonds is 4. The van der Waals surface area contributed by atoms with Crippen LogP contribution >= 0.6 is 0 Å². The Morgan fingerprint density at radius 3 is 2.28 bits per heavy atom. The van der Waals surface area contributed by atoms with Crippen molar-refractivity contribution in [3.8, 4) is 0 Å². The number of hydrogen-bond acceptors (Lipinski definition) is 10. The van der Waals surface area contributed by atoms with E-state index in [4.69, 9.17) is 14.2 Å². The fourth-order valence-corrected chi connectivity index (χ4v) is 6.33. The van der Waals surface area contributed by atoms with Crippen LogP contribution in [0.2, 0.25) is 0 Å². The van der Waals surface area contributed by atoms with Crippen molar-refractivity contribution in [3.05, 3.63) is 0 Å². The number of carbonyl (C=O) groups is 2. The summed E-state index contributed by atoms with van der Waals surface area (Å²) in [6, 6.07) is -0.672. The Morgan fingerprint density at radius 2 is 1.72 bits per heavy atom. The molecule has 2 heterocycles. The lowest BCUT2D eigenvalue weighted by molar-refractivity contribution is -0.240. The molecule has 2 aliphatic heterocycles. The molecule has 0 saturated carbocycles. The van der Waals surface area contributed by atoms with E-state index in [1.54, 1.807) is 34.7 Å². The van der Waals surface area contributed by atoms with E-state index in [1.807, 2.05) is 39.6 Å². The zero-order valence-electron chi connectivity index (χ0n) is 25.6. The summed E-state index contributed by atoms with van der Waals surface area (Å²) in [7, 11) is 3.63. The number of Topliss-reactive ketones (excluding diaryl/α,β-unsaturated/α-hetero) is 1. The number of likely N-dealkylation sites (N-methyl/N-ethyl adjacent to an activating group) is 2. The normalized spacial score (nSPS) is 46.3. The van der Waals surface area contributed by atoms with E-state index in [1.165, 1.54) is 0 Å². The van der Waals surface area contributed by atoms with Crippen molar-refractivity contribution in [3.63, 3.8) is 0 Å². The summed E-state index contributed by atoms with van der Waals surface area (Å²) in [6.45, 7) is 15.1. The number of hydrogen-bond donors (Lipinski definition) is 4. The minimum absolute atomic E-state index is 0.00325. The molecule has 2 fully saturated rings. The van der Waals surface area contributed by atoms with Crippen molar-refractivity contribution in [1.82, 2.24) is 10.2 Å². The highest BCUT2D eigenvalue weighted by atomic mass is 16.7. The number of ether oxygens (including phenoxy) is 3. The summed E-state index contributed by atoms with van der Waals surface area (Å²) in [5.74, 6) is -2.41. The predicted molar refractivity (Wildman–Crippen MR) is 148 cm³/mol. The number of aliphatic hydroxyl groups is 3. The van der Waals surface area contributed by atoms with E-state index in [0.717, 1.165) is 0 Å². The summed E-state index contributed by atoms with van der Waals surface area (Å²) in [5.41, 5.74) is -1.48. The number of carbonyl (C=O) groups excluding carboxylic acids is 2. The number of aliphatic hydroxyl groups excluding tert-OH is 2. The molecule has 4 N–H and O–H groups in total. The lowest BCUT2D eigenvalue weighted by atomic mass is 9.78. The maximum absolute atomic E-state index is 13.5. The fourth-order valence-electron chi connectivity index (χ4n) is 6.33. The van der Waals surface area contributed by atoms with Crippen LogP contribution in [0.5, 0.6) is 0 Å². The molecule has 0 radical (unpaired) electrons. The molecule has 10 nitrogen and oxygen atoms in total. The van der Waals surface area contributed by atoms with Gasteiger partial charge in [-0.3, -0.25) is 9.59 Å². The molecule has 0 aromatic rings. The minimum Gasteiger partial charge on any atom is -0.462 e. The molecule has 3 unspecified atom stereocenters. The summed E-state index contributed by atoms with van der Waals surface area (Å²) in [6.07, 6.45) is -3.77. The van der Waals surface area contributed by atoms with Gasteiger partial charge in [0.1, 0.15) is 12.2 Å². The average Bonchev–Trinajstić information content (AvgIpc) is 2.88. The Balaban J connectivity index is 2.46. The number of esters is 1. The van der Waals surface area contributed by atoms with E-state index < -0.39 is 66.3 Å². The molecule has 0 bridgehead atoms. The van der Waals surface area contributed by atoms with E-state index in [2.05, 4.69) is 5.32 Å². The fraction of sp³-hybridized carbons (Fsp3) is 0.931. The molecule has 0 aliphatic carbocycles. The summed E-state index contributed by atoms with van der Waals surface area (Å²) < 4.78 is 18.2. The van der Waals surface area contributed by atoms with Gasteiger partial charge in [-0.05, 0) is 60.5 Å². The summed E-state index contributed by atoms with van der Waals surface area (Å²) in [5, 5.41) is 37.0. The van der Waals surface area contributed by atoms with Crippen LogP contribution < -0.4 is 5.32 Å². The lowest BCUT2D eigenvalue weighted by Gasteiger charge is -2.42.